The molecule has 0 fully saturated rings. The van der Waals surface area contributed by atoms with Crippen LogP contribution in [0.25, 0.3) is 33.7 Å². The number of rotatable bonds is 7. The van der Waals surface area contributed by atoms with Gasteiger partial charge in [-0.15, -0.1) is 58.2 Å². The van der Waals surface area contributed by atoms with Gasteiger partial charge in [0.25, 0.3) is 0 Å². The number of halogens is 2. The van der Waals surface area contributed by atoms with Gasteiger partial charge in [0.05, 0.1) is 0 Å². The zero-order chi connectivity index (χ0) is 46.6. The van der Waals surface area contributed by atoms with Crippen LogP contribution in [-0.2, 0) is 27.3 Å². The molecule has 2 nitrogen and oxygen atoms in total. The third-order valence-electron chi connectivity index (χ3n) is 15.3. The standard InChI is InChI=1S/C57H65O2Si3.2ClH.Zr/c1-37-32-45-18-13-14-19-49(43-25-23-41-35-46(29-27-39(41)33-43)58-61(9,10)56(3,4)5)52(45)54(37)60-31-17-22-48-38(2)55(60)53-50(20-15-16-21-51(48)53)44-26-24-42-36-47(30-28-40(42)34-44)59-62(11,12)57(6,7)8;;;/h13-16,18-21,23-30,32-36,49-50H,17,22,31H2,1-12H3;2*1H;/q-2;;;+4/p-2. The monoisotopic (exact) mass is 1030 g/mol. The van der Waals surface area contributed by atoms with E-state index in [0.717, 1.165) is 17.9 Å². The van der Waals surface area contributed by atoms with Gasteiger partial charge in [0.1, 0.15) is 11.5 Å². The van der Waals surface area contributed by atoms with Crippen molar-refractivity contribution in [2.75, 3.05) is 0 Å². The summed E-state index contributed by atoms with van der Waals surface area (Å²) in [6.07, 6.45) is 21.2. The van der Waals surface area contributed by atoms with Gasteiger partial charge in [-0.1, -0.05) is 147 Å². The van der Waals surface area contributed by atoms with Gasteiger partial charge >= 0.3 is 37.9 Å². The number of benzene rings is 4. The van der Waals surface area contributed by atoms with Gasteiger partial charge in [-0.25, -0.2) is 0 Å². The number of hydrogen-bond acceptors (Lipinski definition) is 2. The summed E-state index contributed by atoms with van der Waals surface area (Å²) in [6, 6.07) is 31.5. The third kappa shape index (κ3) is 9.48. The normalized spacial score (nSPS) is 17.4. The van der Waals surface area contributed by atoms with Gasteiger partial charge in [0.15, 0.2) is 0 Å². The molecule has 65 heavy (non-hydrogen) atoms. The van der Waals surface area contributed by atoms with Crippen LogP contribution in [0.15, 0.2) is 115 Å². The number of allylic oxidation sites excluding steroid dienone is 6. The van der Waals surface area contributed by atoms with E-state index in [1.165, 1.54) is 67.4 Å². The van der Waals surface area contributed by atoms with Crippen LogP contribution in [0.1, 0.15) is 110 Å². The molecule has 0 aromatic heterocycles. The molecule has 0 saturated carbocycles. The van der Waals surface area contributed by atoms with E-state index in [4.69, 9.17) is 25.9 Å². The Labute approximate surface area is 412 Å². The van der Waals surface area contributed by atoms with Crippen LogP contribution in [0.4, 0.5) is 0 Å². The molecule has 335 valence electrons. The Kier molecular flexibility index (Phi) is 13.9. The summed E-state index contributed by atoms with van der Waals surface area (Å²) in [5.41, 5.74) is 13.2. The molecule has 0 saturated heterocycles. The van der Waals surface area contributed by atoms with Crippen LogP contribution in [-0.4, -0.2) is 25.4 Å². The third-order valence-corrected chi connectivity index (χ3v) is 27.3. The molecule has 1 heterocycles. The predicted molar refractivity (Wildman–Crippen MR) is 287 cm³/mol. The Morgan fingerprint density at radius 3 is 1.65 bits per heavy atom. The van der Waals surface area contributed by atoms with Gasteiger partial charge in [0.2, 0.25) is 16.6 Å². The van der Waals surface area contributed by atoms with Crippen LogP contribution < -0.4 is 19.2 Å². The molecule has 2 bridgehead atoms. The zero-order valence-corrected chi connectivity index (χ0v) is 47.4. The summed E-state index contributed by atoms with van der Waals surface area (Å²) >= 11 is -0.826. The second-order valence-corrected chi connectivity index (χ2v) is 37.1. The van der Waals surface area contributed by atoms with Crippen molar-refractivity contribution in [3.8, 4) is 11.5 Å². The average Bonchev–Trinajstić information content (AvgIpc) is 3.40. The first-order valence-corrected chi connectivity index (χ1v) is 37.2. The van der Waals surface area contributed by atoms with Crippen LogP contribution >= 0.6 is 17.0 Å². The molecule has 2 atom stereocenters. The second-order valence-electron chi connectivity index (χ2n) is 21.5. The molecule has 0 N–H and O–H groups in total. The van der Waals surface area contributed by atoms with E-state index in [9.17, 15) is 0 Å². The van der Waals surface area contributed by atoms with Crippen molar-refractivity contribution in [1.29, 1.82) is 0 Å². The first-order valence-electron chi connectivity index (χ1n) is 23.3. The van der Waals surface area contributed by atoms with E-state index in [-0.39, 0.29) is 21.9 Å². The van der Waals surface area contributed by atoms with Crippen molar-refractivity contribution in [2.45, 2.75) is 122 Å². The van der Waals surface area contributed by atoms with E-state index in [0.29, 0.717) is 0 Å². The predicted octanol–water partition coefficient (Wildman–Crippen LogP) is 16.2. The van der Waals surface area contributed by atoms with E-state index < -0.39 is 46.3 Å². The number of hydrogen-bond donors (Lipinski definition) is 0. The van der Waals surface area contributed by atoms with E-state index in [1.54, 1.807) is 27.1 Å². The molecule has 9 rings (SSSR count). The summed E-state index contributed by atoms with van der Waals surface area (Å²) in [5, 5.41) is 8.61. The summed E-state index contributed by atoms with van der Waals surface area (Å²) in [5.74, 6) is 2.33. The molecular weight excluding hydrogens is 963 g/mol. The average molecular weight is 1030 g/mol. The summed E-state index contributed by atoms with van der Waals surface area (Å²) in [4.78, 5) is 0. The van der Waals surface area contributed by atoms with Gasteiger partial charge in [-0.2, -0.15) is 21.5 Å². The van der Waals surface area contributed by atoms with Crippen molar-refractivity contribution < 1.29 is 29.7 Å². The van der Waals surface area contributed by atoms with E-state index in [1.807, 2.05) is 0 Å². The zero-order valence-electron chi connectivity index (χ0n) is 40.5. The van der Waals surface area contributed by atoms with Crippen LogP contribution in [0.5, 0.6) is 11.5 Å². The Balaban J connectivity index is 0.00000187. The summed E-state index contributed by atoms with van der Waals surface area (Å²) in [6.45, 7) is 28.0. The Hall–Kier alpha value is -3.23. The first-order chi connectivity index (χ1) is 30.7. The quantitative estimate of drug-likeness (QED) is 0.117. The van der Waals surface area contributed by atoms with E-state index >= 15 is 0 Å². The Morgan fingerprint density at radius 2 is 1.12 bits per heavy atom. The van der Waals surface area contributed by atoms with Crippen molar-refractivity contribution in [2.24, 2.45) is 0 Å². The van der Waals surface area contributed by atoms with Crippen molar-refractivity contribution in [3.63, 3.8) is 0 Å². The Bertz CT molecular complexity index is 2880. The fourth-order valence-electron chi connectivity index (χ4n) is 9.81. The SMILES string of the molecule is Cc1[cH-]c2c(c1[Si]1CCC[c-]3c(C)c1c1c3C=CC=CC1c1ccc3cc(O[Si](C)(C)C(C)(C)C)ccc3c1)C(c1ccc3cc(O[Si](C)(C)C(C)(C)C)ccc3c1)C=CC=C2.[Cl][Zr+2][Cl]. The molecule has 6 aromatic carbocycles. The maximum atomic E-state index is 6.75. The fraction of sp³-hybridized carbons (Fsp3) is 0.333. The molecule has 6 aromatic rings. The molecule has 8 heteroatoms. The van der Waals surface area contributed by atoms with E-state index in [2.05, 4.69) is 209 Å². The molecule has 1 aliphatic heterocycles. The molecule has 2 unspecified atom stereocenters. The van der Waals surface area contributed by atoms with Crippen molar-refractivity contribution in [3.05, 3.63) is 165 Å². The number of aryl methyl sites for hydroxylation is 1. The molecule has 2 aliphatic carbocycles. The number of fused-ring (bicyclic) bond motifs is 8. The summed E-state index contributed by atoms with van der Waals surface area (Å²) in [7, 11) is 4.80. The first kappa shape index (κ1) is 48.2. The van der Waals surface area contributed by atoms with Crippen LogP contribution in [0.3, 0.4) is 0 Å². The summed E-state index contributed by atoms with van der Waals surface area (Å²) < 4.78 is 13.5. The van der Waals surface area contributed by atoms with Crippen molar-refractivity contribution in [1.82, 2.24) is 0 Å². The molecular formula is C57H65Cl2O2Si3Zr. The molecule has 0 amide bonds. The molecule has 1 radical (unpaired) electrons. The van der Waals surface area contributed by atoms with Gasteiger partial charge < -0.3 is 8.85 Å². The fourth-order valence-corrected chi connectivity index (χ4v) is 15.5. The van der Waals surface area contributed by atoms with Crippen LogP contribution in [0, 0.1) is 13.8 Å². The van der Waals surface area contributed by atoms with Crippen molar-refractivity contribution >= 4 is 86.5 Å². The molecule has 0 spiro atoms. The molecule has 3 aliphatic rings. The van der Waals surface area contributed by atoms with Gasteiger partial charge in [0, 0.05) is 0 Å². The minimum atomic E-state index is -1.95. The van der Waals surface area contributed by atoms with Crippen LogP contribution in [0.2, 0.25) is 42.3 Å². The topological polar surface area (TPSA) is 18.5 Å². The van der Waals surface area contributed by atoms with Gasteiger partial charge in [-0.3, -0.25) is 0 Å². The Morgan fingerprint density at radius 1 is 0.646 bits per heavy atom. The minimum absolute atomic E-state index is 0.149. The van der Waals surface area contributed by atoms with Gasteiger partial charge in [-0.05, 0) is 114 Å². The maximum absolute atomic E-state index is 6.75. The second kappa shape index (κ2) is 18.7.